The number of nitrogens with one attached hydrogen (secondary N) is 1. The highest BCUT2D eigenvalue weighted by atomic mass is 35.5. The zero-order chi connectivity index (χ0) is 18.2. The van der Waals surface area contributed by atoms with Gasteiger partial charge < -0.3 is 15.6 Å². The molecule has 0 saturated heterocycles. The minimum atomic E-state index is -1.17. The van der Waals surface area contributed by atoms with Gasteiger partial charge in [-0.25, -0.2) is 0 Å². The molecule has 134 valence electrons. The number of nitrogens with two attached hydrogens (primary N) is 1. The maximum atomic E-state index is 12.4. The lowest BCUT2D eigenvalue weighted by Gasteiger charge is -2.30. The first-order valence-electron chi connectivity index (χ1n) is 7.47. The van der Waals surface area contributed by atoms with Gasteiger partial charge in [-0.1, -0.05) is 16.8 Å². The number of amidine groups is 1. The van der Waals surface area contributed by atoms with Crippen molar-refractivity contribution in [3.63, 3.8) is 0 Å². The van der Waals surface area contributed by atoms with Crippen LogP contribution in [0.3, 0.4) is 0 Å². The largest absolute Gasteiger partial charge is 0.386 e. The van der Waals surface area contributed by atoms with Gasteiger partial charge in [0.1, 0.15) is 12.1 Å². The van der Waals surface area contributed by atoms with Gasteiger partial charge in [0.05, 0.1) is 32.6 Å². The Hall–Kier alpha value is -1.71. The van der Waals surface area contributed by atoms with Crippen molar-refractivity contribution < 1.29 is 13.5 Å². The maximum Gasteiger partial charge on any atom is 0.261 e. The number of nitrogens with zero attached hydrogens (tertiary/aromatic N) is 2. The van der Waals surface area contributed by atoms with Crippen molar-refractivity contribution in [2.24, 2.45) is 10.7 Å². The smallest absolute Gasteiger partial charge is 0.261 e. The average molecular weight is 401 g/mol. The molecule has 0 aromatic carbocycles. The Morgan fingerprint density at radius 1 is 1.60 bits per heavy atom. The summed E-state index contributed by atoms with van der Waals surface area (Å²) in [6, 6.07) is 1.20. The molecule has 2 aromatic rings. The van der Waals surface area contributed by atoms with Gasteiger partial charge in [0.25, 0.3) is 5.91 Å². The molecular formula is C15H17ClN4O3S2. The van der Waals surface area contributed by atoms with Crippen molar-refractivity contribution in [3.05, 3.63) is 38.9 Å². The monoisotopic (exact) mass is 400 g/mol. The number of aromatic nitrogens is 1. The number of hydrogen-bond donors (Lipinski definition) is 2. The second-order valence-corrected chi connectivity index (χ2v) is 9.63. The molecule has 7 nitrogen and oxygen atoms in total. The number of rotatable bonds is 4. The van der Waals surface area contributed by atoms with Crippen LogP contribution in [0.2, 0.25) is 5.02 Å². The van der Waals surface area contributed by atoms with Crippen molar-refractivity contribution in [1.82, 2.24) is 10.5 Å². The Morgan fingerprint density at radius 2 is 2.36 bits per heavy atom. The molecule has 0 fully saturated rings. The average Bonchev–Trinajstić information content (AvgIpc) is 3.20. The van der Waals surface area contributed by atoms with Crippen LogP contribution in [0.1, 0.15) is 40.0 Å². The van der Waals surface area contributed by atoms with E-state index in [1.54, 1.807) is 19.9 Å². The van der Waals surface area contributed by atoms with E-state index in [1.807, 2.05) is 0 Å². The second kappa shape index (κ2) is 6.89. The topological polar surface area (TPSA) is 111 Å². The molecule has 2 atom stereocenters. The van der Waals surface area contributed by atoms with Crippen molar-refractivity contribution in [2.45, 2.75) is 31.2 Å². The molecule has 3 rings (SSSR count). The molecule has 0 aliphatic carbocycles. The molecule has 0 bridgehead atoms. The van der Waals surface area contributed by atoms with Gasteiger partial charge in [-0.2, -0.15) is 0 Å². The van der Waals surface area contributed by atoms with Crippen molar-refractivity contribution >= 4 is 45.5 Å². The first-order chi connectivity index (χ1) is 11.8. The van der Waals surface area contributed by atoms with E-state index in [1.165, 1.54) is 23.8 Å². The summed E-state index contributed by atoms with van der Waals surface area (Å²) in [7, 11) is -1.17. The summed E-state index contributed by atoms with van der Waals surface area (Å²) in [5.41, 5.74) is 6.74. The molecular weight excluding hydrogens is 384 g/mol. The molecule has 1 aliphatic heterocycles. The normalized spacial score (nSPS) is 22.4. The fourth-order valence-electron chi connectivity index (χ4n) is 2.27. The molecule has 2 unspecified atom stereocenters. The number of aliphatic imine (C=N–C) groups is 1. The lowest BCUT2D eigenvalue weighted by Crippen LogP contribution is -2.47. The standard InChI is InChI=1S/C15H17ClN4O3S2/c1-15(2)14(17)20-10(7-25(15)22)12-9(16)3-11(24-12)13(21)18-4-8-5-19-23-6-8/h3,5-6,10H,4,7H2,1-2H3,(H2,17,20)(H,18,21). The summed E-state index contributed by atoms with van der Waals surface area (Å²) >= 11 is 7.52. The van der Waals surface area contributed by atoms with Crippen LogP contribution in [0, 0.1) is 0 Å². The van der Waals surface area contributed by atoms with E-state index in [0.717, 1.165) is 5.56 Å². The minimum Gasteiger partial charge on any atom is -0.386 e. The van der Waals surface area contributed by atoms with E-state index in [-0.39, 0.29) is 5.91 Å². The molecule has 2 aromatic heterocycles. The molecule has 1 amide bonds. The van der Waals surface area contributed by atoms with E-state index in [4.69, 9.17) is 21.9 Å². The van der Waals surface area contributed by atoms with Crippen molar-refractivity contribution in [3.8, 4) is 0 Å². The Bertz CT molecular complexity index is 845. The van der Waals surface area contributed by atoms with E-state index < -0.39 is 21.6 Å². The highest BCUT2D eigenvalue weighted by Gasteiger charge is 2.38. The summed E-state index contributed by atoms with van der Waals surface area (Å²) in [4.78, 5) is 17.9. The van der Waals surface area contributed by atoms with Crippen LogP contribution in [0.5, 0.6) is 0 Å². The van der Waals surface area contributed by atoms with Crippen molar-refractivity contribution in [2.75, 3.05) is 5.75 Å². The zero-order valence-corrected chi connectivity index (χ0v) is 16.0. The fourth-order valence-corrected chi connectivity index (χ4v) is 5.03. The van der Waals surface area contributed by atoms with Crippen LogP contribution in [0.4, 0.5) is 0 Å². The molecule has 3 heterocycles. The SMILES string of the molecule is CC1(C)C(N)=NC(c2sc(C(=O)NCc3cnoc3)cc2Cl)CS1=O. The summed E-state index contributed by atoms with van der Waals surface area (Å²) in [6.07, 6.45) is 2.99. The number of amides is 1. The molecule has 0 radical (unpaired) electrons. The van der Waals surface area contributed by atoms with E-state index in [9.17, 15) is 9.00 Å². The maximum absolute atomic E-state index is 12.4. The van der Waals surface area contributed by atoms with Crippen molar-refractivity contribution in [1.29, 1.82) is 0 Å². The first-order valence-corrected chi connectivity index (χ1v) is 9.98. The lowest BCUT2D eigenvalue weighted by molar-refractivity contribution is 0.0955. The predicted molar refractivity (Wildman–Crippen MR) is 98.5 cm³/mol. The van der Waals surface area contributed by atoms with Crippen LogP contribution < -0.4 is 11.1 Å². The third-order valence-corrected chi connectivity index (χ3v) is 7.59. The Morgan fingerprint density at radius 3 is 3.00 bits per heavy atom. The zero-order valence-electron chi connectivity index (χ0n) is 13.6. The Balaban J connectivity index is 1.77. The third-order valence-electron chi connectivity index (χ3n) is 3.97. The lowest BCUT2D eigenvalue weighted by atomic mass is 10.1. The predicted octanol–water partition coefficient (Wildman–Crippen LogP) is 2.26. The van der Waals surface area contributed by atoms with E-state index in [2.05, 4.69) is 15.5 Å². The van der Waals surface area contributed by atoms with Crippen LogP contribution in [-0.4, -0.2) is 31.6 Å². The van der Waals surface area contributed by atoms with Crippen LogP contribution >= 0.6 is 22.9 Å². The molecule has 10 heteroatoms. The Kier molecular flexibility index (Phi) is 4.99. The quantitative estimate of drug-likeness (QED) is 0.817. The van der Waals surface area contributed by atoms with Crippen LogP contribution in [-0.2, 0) is 17.3 Å². The van der Waals surface area contributed by atoms with Crippen LogP contribution in [0.15, 0.2) is 28.0 Å². The van der Waals surface area contributed by atoms with Gasteiger partial charge in [0, 0.05) is 27.8 Å². The van der Waals surface area contributed by atoms with Gasteiger partial charge in [0.15, 0.2) is 0 Å². The molecule has 0 saturated carbocycles. The van der Waals surface area contributed by atoms with E-state index >= 15 is 0 Å². The number of carbonyl (C=O) groups excluding carboxylic acids is 1. The van der Waals surface area contributed by atoms with Gasteiger partial charge in [-0.15, -0.1) is 11.3 Å². The molecule has 25 heavy (non-hydrogen) atoms. The van der Waals surface area contributed by atoms with Gasteiger partial charge in [-0.05, 0) is 19.9 Å². The summed E-state index contributed by atoms with van der Waals surface area (Å²) in [5.74, 6) is 0.411. The van der Waals surface area contributed by atoms with Gasteiger partial charge >= 0.3 is 0 Å². The highest BCUT2D eigenvalue weighted by Crippen LogP contribution is 2.38. The molecule has 0 spiro atoms. The summed E-state index contributed by atoms with van der Waals surface area (Å²) < 4.78 is 16.5. The molecule has 1 aliphatic rings. The second-order valence-electron chi connectivity index (χ2n) is 6.09. The number of carbonyl (C=O) groups is 1. The summed E-state index contributed by atoms with van der Waals surface area (Å²) in [6.45, 7) is 3.91. The number of hydrogen-bond acceptors (Lipinski definition) is 7. The third kappa shape index (κ3) is 3.63. The highest BCUT2D eigenvalue weighted by molar-refractivity contribution is 7.87. The van der Waals surface area contributed by atoms with E-state index in [0.29, 0.717) is 32.9 Å². The Labute approximate surface area is 156 Å². The van der Waals surface area contributed by atoms with Gasteiger partial charge in [0.2, 0.25) is 0 Å². The van der Waals surface area contributed by atoms with Crippen LogP contribution in [0.25, 0.3) is 0 Å². The first kappa shape index (κ1) is 18.1. The fraction of sp³-hybridized carbons (Fsp3) is 0.400. The number of halogens is 1. The minimum absolute atomic E-state index is 0.256. The number of thiophene rings is 1. The van der Waals surface area contributed by atoms with Gasteiger partial charge in [-0.3, -0.25) is 14.0 Å². The summed E-state index contributed by atoms with van der Waals surface area (Å²) in [5, 5.41) is 6.77. The molecule has 3 N–H and O–H groups in total.